The van der Waals surface area contributed by atoms with E-state index in [2.05, 4.69) is 5.32 Å². The Bertz CT molecular complexity index is 1140. The Balaban J connectivity index is 2.43. The van der Waals surface area contributed by atoms with Gasteiger partial charge in [0.1, 0.15) is 12.6 Å². The lowest BCUT2D eigenvalue weighted by Gasteiger charge is -2.33. The highest BCUT2D eigenvalue weighted by molar-refractivity contribution is 7.92. The number of amides is 2. The van der Waals surface area contributed by atoms with Gasteiger partial charge in [0.25, 0.3) is 0 Å². The Kier molecular flexibility index (Phi) is 10.6. The number of nitrogens with one attached hydrogen (secondary N) is 1. The molecule has 0 aromatic heterocycles. The maximum Gasteiger partial charge on any atom is 0.244 e. The Morgan fingerprint density at radius 2 is 1.80 bits per heavy atom. The molecular formula is C26H36ClN3O4S. The van der Waals surface area contributed by atoms with E-state index in [9.17, 15) is 18.0 Å². The van der Waals surface area contributed by atoms with Gasteiger partial charge in [0.05, 0.1) is 11.9 Å². The highest BCUT2D eigenvalue weighted by atomic mass is 35.5. The van der Waals surface area contributed by atoms with Crippen molar-refractivity contribution in [3.63, 3.8) is 0 Å². The van der Waals surface area contributed by atoms with Gasteiger partial charge in [-0.25, -0.2) is 8.42 Å². The molecule has 0 spiro atoms. The number of halogens is 1. The van der Waals surface area contributed by atoms with Gasteiger partial charge in [0, 0.05) is 18.1 Å². The maximum atomic E-state index is 13.7. The summed E-state index contributed by atoms with van der Waals surface area (Å²) in [7, 11) is -3.79. The minimum atomic E-state index is -3.79. The Labute approximate surface area is 214 Å². The summed E-state index contributed by atoms with van der Waals surface area (Å²) in [5, 5.41) is 3.39. The van der Waals surface area contributed by atoms with Gasteiger partial charge in [0.2, 0.25) is 21.8 Å². The van der Waals surface area contributed by atoms with Crippen molar-refractivity contribution in [3.8, 4) is 0 Å². The molecule has 2 aromatic carbocycles. The molecule has 192 valence electrons. The van der Waals surface area contributed by atoms with E-state index in [4.69, 9.17) is 11.6 Å². The van der Waals surface area contributed by atoms with Crippen molar-refractivity contribution in [2.45, 2.75) is 59.5 Å². The summed E-state index contributed by atoms with van der Waals surface area (Å²) >= 11 is 6.05. The molecule has 0 aliphatic rings. The Morgan fingerprint density at radius 3 is 2.37 bits per heavy atom. The van der Waals surface area contributed by atoms with Crippen LogP contribution < -0.4 is 9.62 Å². The fourth-order valence-electron chi connectivity index (χ4n) is 3.93. The second-order valence-corrected chi connectivity index (χ2v) is 11.1. The van der Waals surface area contributed by atoms with Gasteiger partial charge in [-0.1, -0.05) is 61.7 Å². The molecule has 0 aliphatic heterocycles. The number of carbonyl (C=O) groups excluding carboxylic acids is 2. The van der Waals surface area contributed by atoms with Gasteiger partial charge in [0.15, 0.2) is 0 Å². The third-order valence-electron chi connectivity index (χ3n) is 5.76. The van der Waals surface area contributed by atoms with Crippen LogP contribution >= 0.6 is 11.6 Å². The molecule has 0 radical (unpaired) electrons. The van der Waals surface area contributed by atoms with E-state index in [0.29, 0.717) is 29.2 Å². The quantitative estimate of drug-likeness (QED) is 0.418. The molecule has 0 bridgehead atoms. The molecule has 0 aliphatic carbocycles. The van der Waals surface area contributed by atoms with Crippen LogP contribution in [0.5, 0.6) is 0 Å². The minimum Gasteiger partial charge on any atom is -0.354 e. The molecular weight excluding hydrogens is 486 g/mol. The normalized spacial score (nSPS) is 12.2. The number of benzene rings is 2. The van der Waals surface area contributed by atoms with Crippen molar-refractivity contribution in [1.82, 2.24) is 10.2 Å². The number of hydrogen-bond acceptors (Lipinski definition) is 4. The topological polar surface area (TPSA) is 86.8 Å². The lowest BCUT2D eigenvalue weighted by molar-refractivity contribution is -0.140. The van der Waals surface area contributed by atoms with E-state index in [1.165, 1.54) is 4.90 Å². The zero-order valence-corrected chi connectivity index (χ0v) is 22.7. The van der Waals surface area contributed by atoms with Crippen LogP contribution in [0.3, 0.4) is 0 Å². The summed E-state index contributed by atoms with van der Waals surface area (Å²) in [5.74, 6) is -0.695. The van der Waals surface area contributed by atoms with E-state index in [0.717, 1.165) is 34.5 Å². The third kappa shape index (κ3) is 8.25. The highest BCUT2D eigenvalue weighted by Gasteiger charge is 2.32. The van der Waals surface area contributed by atoms with Gasteiger partial charge in [-0.2, -0.15) is 0 Å². The second kappa shape index (κ2) is 12.9. The highest BCUT2D eigenvalue weighted by Crippen LogP contribution is 2.26. The monoisotopic (exact) mass is 521 g/mol. The van der Waals surface area contributed by atoms with Crippen LogP contribution in [-0.4, -0.2) is 50.5 Å². The van der Waals surface area contributed by atoms with Crippen LogP contribution in [0.15, 0.2) is 42.5 Å². The number of aryl methyl sites for hydroxylation is 2. The van der Waals surface area contributed by atoms with Crippen molar-refractivity contribution in [3.05, 3.63) is 64.2 Å². The molecule has 7 nitrogen and oxygen atoms in total. The molecule has 0 fully saturated rings. The zero-order valence-electron chi connectivity index (χ0n) is 21.2. The number of anilines is 1. The minimum absolute atomic E-state index is 0.192. The lowest BCUT2D eigenvalue weighted by atomic mass is 10.1. The second-order valence-electron chi connectivity index (χ2n) is 8.78. The van der Waals surface area contributed by atoms with E-state index in [1.54, 1.807) is 25.1 Å². The average Bonchev–Trinajstić information content (AvgIpc) is 2.77. The predicted molar refractivity (Wildman–Crippen MR) is 142 cm³/mol. The lowest BCUT2D eigenvalue weighted by Crippen LogP contribution is -2.52. The first-order chi connectivity index (χ1) is 16.5. The standard InChI is InChI=1S/C26H36ClN3O4S/c1-6-8-14-28-26(32)23(7-2)29(17-21-11-9-10-19(3)15-21)25(31)18-30(35(5,33)34)24-13-12-22(27)16-20(24)4/h9-13,15-16,23H,6-8,14,17-18H2,1-5H3,(H,28,32)/t23-/m1/s1. The number of carbonyl (C=O) groups is 2. The van der Waals surface area contributed by atoms with Gasteiger partial charge in [-0.05, 0) is 56.0 Å². The molecule has 1 N–H and O–H groups in total. The Hall–Kier alpha value is -2.58. The maximum absolute atomic E-state index is 13.7. The summed E-state index contributed by atoms with van der Waals surface area (Å²) in [6.07, 6.45) is 3.24. The van der Waals surface area contributed by atoms with E-state index >= 15 is 0 Å². The first-order valence-electron chi connectivity index (χ1n) is 11.8. The van der Waals surface area contributed by atoms with Gasteiger partial charge < -0.3 is 10.2 Å². The number of rotatable bonds is 12. The van der Waals surface area contributed by atoms with E-state index in [-0.39, 0.29) is 12.5 Å². The Morgan fingerprint density at radius 1 is 1.09 bits per heavy atom. The summed E-state index contributed by atoms with van der Waals surface area (Å²) in [5.41, 5.74) is 2.91. The van der Waals surface area contributed by atoms with Crippen LogP contribution in [0.25, 0.3) is 0 Å². The van der Waals surface area contributed by atoms with Crippen molar-refractivity contribution < 1.29 is 18.0 Å². The van der Waals surface area contributed by atoms with Gasteiger partial charge in [-0.15, -0.1) is 0 Å². The van der Waals surface area contributed by atoms with E-state index < -0.39 is 28.5 Å². The summed E-state index contributed by atoms with van der Waals surface area (Å²) in [6.45, 7) is 7.87. The van der Waals surface area contributed by atoms with Crippen molar-refractivity contribution in [2.24, 2.45) is 0 Å². The van der Waals surface area contributed by atoms with Crippen LogP contribution in [0, 0.1) is 13.8 Å². The van der Waals surface area contributed by atoms with Crippen LogP contribution in [0.4, 0.5) is 5.69 Å². The molecule has 2 rings (SSSR count). The predicted octanol–water partition coefficient (Wildman–Crippen LogP) is 4.45. The summed E-state index contributed by atoms with van der Waals surface area (Å²) < 4.78 is 26.5. The van der Waals surface area contributed by atoms with Crippen molar-refractivity contribution in [2.75, 3.05) is 23.7 Å². The molecule has 9 heteroatoms. The van der Waals surface area contributed by atoms with Crippen LogP contribution in [0.1, 0.15) is 49.8 Å². The molecule has 1 atom stereocenters. The number of unbranched alkanes of at least 4 members (excludes halogenated alkanes) is 1. The number of hydrogen-bond donors (Lipinski definition) is 1. The fraction of sp³-hybridized carbons (Fsp3) is 0.462. The van der Waals surface area contributed by atoms with Crippen molar-refractivity contribution >= 4 is 39.1 Å². The molecule has 0 unspecified atom stereocenters. The zero-order chi connectivity index (χ0) is 26.2. The molecule has 2 aromatic rings. The average molecular weight is 522 g/mol. The number of sulfonamides is 1. The van der Waals surface area contributed by atoms with Crippen LogP contribution in [-0.2, 0) is 26.2 Å². The smallest absolute Gasteiger partial charge is 0.244 e. The summed E-state index contributed by atoms with van der Waals surface area (Å²) in [6, 6.07) is 11.8. The first-order valence-corrected chi connectivity index (χ1v) is 14.1. The third-order valence-corrected chi connectivity index (χ3v) is 7.12. The molecule has 0 saturated heterocycles. The van der Waals surface area contributed by atoms with Gasteiger partial charge >= 0.3 is 0 Å². The SMILES string of the molecule is CCCCNC(=O)[C@@H](CC)N(Cc1cccc(C)c1)C(=O)CN(c1ccc(Cl)cc1C)S(C)(=O)=O. The molecule has 35 heavy (non-hydrogen) atoms. The number of nitrogens with zero attached hydrogens (tertiary/aromatic N) is 2. The molecule has 2 amide bonds. The molecule has 0 heterocycles. The summed E-state index contributed by atoms with van der Waals surface area (Å²) in [4.78, 5) is 28.2. The van der Waals surface area contributed by atoms with Crippen molar-refractivity contribution in [1.29, 1.82) is 0 Å². The van der Waals surface area contributed by atoms with E-state index in [1.807, 2.05) is 45.0 Å². The largest absolute Gasteiger partial charge is 0.354 e. The molecule has 0 saturated carbocycles. The van der Waals surface area contributed by atoms with Gasteiger partial charge in [-0.3, -0.25) is 13.9 Å². The first kappa shape index (κ1) is 28.7. The fourth-order valence-corrected chi connectivity index (χ4v) is 5.06. The van der Waals surface area contributed by atoms with Crippen LogP contribution in [0.2, 0.25) is 5.02 Å².